The van der Waals surface area contributed by atoms with E-state index in [9.17, 15) is 0 Å². The lowest BCUT2D eigenvalue weighted by atomic mass is 10.1. The van der Waals surface area contributed by atoms with Gasteiger partial charge in [-0.3, -0.25) is 4.68 Å². The molecule has 0 aliphatic carbocycles. The van der Waals surface area contributed by atoms with Crippen LogP contribution in [0.4, 0.5) is 0 Å². The van der Waals surface area contributed by atoms with E-state index in [1.165, 1.54) is 11.3 Å². The largest absolute Gasteiger partial charge is 0.377 e. The summed E-state index contributed by atoms with van der Waals surface area (Å²) in [6.45, 7) is 15.2. The molecule has 1 N–H and O–H groups in total. The number of ether oxygens (including phenoxy) is 1. The van der Waals surface area contributed by atoms with Crippen molar-refractivity contribution in [2.45, 2.75) is 60.2 Å². The lowest BCUT2D eigenvalue weighted by molar-refractivity contribution is 0.0796. The second-order valence-corrected chi connectivity index (χ2v) is 5.00. The van der Waals surface area contributed by atoms with E-state index in [4.69, 9.17) is 4.74 Å². The molecule has 0 radical (unpaired) electrons. The lowest BCUT2D eigenvalue weighted by Gasteiger charge is -2.15. The van der Waals surface area contributed by atoms with Gasteiger partial charge in [-0.25, -0.2) is 0 Å². The molecule has 18 heavy (non-hydrogen) atoms. The number of aryl methyl sites for hydroxylation is 2. The topological polar surface area (TPSA) is 39.1 Å². The molecule has 0 saturated heterocycles. The molecule has 0 fully saturated rings. The average molecular weight is 253 g/mol. The highest BCUT2D eigenvalue weighted by molar-refractivity contribution is 5.27. The van der Waals surface area contributed by atoms with Crippen LogP contribution in [-0.4, -0.2) is 29.0 Å². The number of hydrogen-bond acceptors (Lipinski definition) is 3. The molecule has 4 heteroatoms. The van der Waals surface area contributed by atoms with Gasteiger partial charge in [-0.2, -0.15) is 5.10 Å². The van der Waals surface area contributed by atoms with Crippen molar-refractivity contribution in [2.75, 3.05) is 13.2 Å². The molecule has 0 spiro atoms. The van der Waals surface area contributed by atoms with Crippen molar-refractivity contribution in [3.8, 4) is 0 Å². The molecule has 1 aromatic heterocycles. The number of hydrogen-bond donors (Lipinski definition) is 1. The van der Waals surface area contributed by atoms with Gasteiger partial charge < -0.3 is 10.1 Å². The van der Waals surface area contributed by atoms with Crippen molar-refractivity contribution in [3.05, 3.63) is 17.0 Å². The highest BCUT2D eigenvalue weighted by Gasteiger charge is 2.16. The summed E-state index contributed by atoms with van der Waals surface area (Å²) in [5.41, 5.74) is 3.71. The second kappa shape index (κ2) is 6.90. The van der Waals surface area contributed by atoms with Crippen molar-refractivity contribution in [1.29, 1.82) is 0 Å². The van der Waals surface area contributed by atoms with E-state index in [2.05, 4.69) is 56.6 Å². The number of aromatic nitrogens is 2. The molecule has 1 aromatic rings. The van der Waals surface area contributed by atoms with Gasteiger partial charge in [0.2, 0.25) is 0 Å². The standard InChI is InChI=1S/C14H27N3O/c1-7-17-13(6)14(12(5)16-17)11(4)15-8-9-18-10(2)3/h10-11,15H,7-9H2,1-6H3. The summed E-state index contributed by atoms with van der Waals surface area (Å²) in [4.78, 5) is 0. The van der Waals surface area contributed by atoms with Crippen molar-refractivity contribution in [2.24, 2.45) is 0 Å². The SMILES string of the molecule is CCn1nc(C)c(C(C)NCCOC(C)C)c1C. The number of nitrogens with zero attached hydrogens (tertiary/aromatic N) is 2. The van der Waals surface area contributed by atoms with Crippen LogP contribution in [0, 0.1) is 13.8 Å². The fourth-order valence-corrected chi connectivity index (χ4v) is 2.32. The summed E-state index contributed by atoms with van der Waals surface area (Å²) in [6, 6.07) is 0.320. The maximum absolute atomic E-state index is 5.53. The van der Waals surface area contributed by atoms with Crippen LogP contribution in [0.5, 0.6) is 0 Å². The van der Waals surface area contributed by atoms with Crippen molar-refractivity contribution in [3.63, 3.8) is 0 Å². The summed E-state index contributed by atoms with van der Waals surface area (Å²) >= 11 is 0. The van der Waals surface area contributed by atoms with Crippen LogP contribution in [0.2, 0.25) is 0 Å². The zero-order valence-corrected chi connectivity index (χ0v) is 12.6. The normalized spacial score (nSPS) is 13.3. The Labute approximate surface area is 111 Å². The third-order valence-electron chi connectivity index (χ3n) is 3.17. The fourth-order valence-electron chi connectivity index (χ4n) is 2.32. The predicted octanol–water partition coefficient (Wildman–Crippen LogP) is 2.60. The Hall–Kier alpha value is -0.870. The second-order valence-electron chi connectivity index (χ2n) is 5.00. The van der Waals surface area contributed by atoms with E-state index in [1.54, 1.807) is 0 Å². The molecule has 0 saturated carbocycles. The molecule has 4 nitrogen and oxygen atoms in total. The molecule has 0 aromatic carbocycles. The molecular formula is C14H27N3O. The van der Waals surface area contributed by atoms with Gasteiger partial charge in [0.1, 0.15) is 0 Å². The smallest absolute Gasteiger partial charge is 0.0644 e. The molecule has 1 atom stereocenters. The first-order valence-electron chi connectivity index (χ1n) is 6.86. The van der Waals surface area contributed by atoms with E-state index in [0.717, 1.165) is 25.4 Å². The molecule has 104 valence electrons. The monoisotopic (exact) mass is 253 g/mol. The van der Waals surface area contributed by atoms with Gasteiger partial charge in [0, 0.05) is 30.4 Å². The molecule has 1 rings (SSSR count). The Balaban J connectivity index is 2.56. The van der Waals surface area contributed by atoms with E-state index in [0.29, 0.717) is 12.1 Å². The van der Waals surface area contributed by atoms with Crippen LogP contribution in [0.3, 0.4) is 0 Å². The van der Waals surface area contributed by atoms with Gasteiger partial charge >= 0.3 is 0 Å². The molecule has 0 bridgehead atoms. The van der Waals surface area contributed by atoms with E-state index in [1.807, 2.05) is 0 Å². The highest BCUT2D eigenvalue weighted by atomic mass is 16.5. The van der Waals surface area contributed by atoms with Crippen molar-refractivity contribution < 1.29 is 4.74 Å². The lowest BCUT2D eigenvalue weighted by Crippen LogP contribution is -2.25. The zero-order valence-electron chi connectivity index (χ0n) is 12.6. The Morgan fingerprint density at radius 1 is 1.28 bits per heavy atom. The molecular weight excluding hydrogens is 226 g/mol. The van der Waals surface area contributed by atoms with E-state index in [-0.39, 0.29) is 0 Å². The van der Waals surface area contributed by atoms with Crippen molar-refractivity contribution in [1.82, 2.24) is 15.1 Å². The summed E-state index contributed by atoms with van der Waals surface area (Å²) in [6.07, 6.45) is 0.299. The minimum absolute atomic E-state index is 0.299. The Kier molecular flexibility index (Phi) is 5.82. The first-order valence-corrected chi connectivity index (χ1v) is 6.86. The summed E-state index contributed by atoms with van der Waals surface area (Å²) in [7, 11) is 0. The van der Waals surface area contributed by atoms with Crippen LogP contribution in [0.1, 0.15) is 50.7 Å². The van der Waals surface area contributed by atoms with Gasteiger partial charge in [0.15, 0.2) is 0 Å². The Bertz CT molecular complexity index is 371. The van der Waals surface area contributed by atoms with Crippen molar-refractivity contribution >= 4 is 0 Å². The van der Waals surface area contributed by atoms with E-state index < -0.39 is 0 Å². The van der Waals surface area contributed by atoms with E-state index >= 15 is 0 Å². The molecule has 0 amide bonds. The maximum Gasteiger partial charge on any atom is 0.0644 e. The Morgan fingerprint density at radius 3 is 2.44 bits per heavy atom. The maximum atomic E-state index is 5.53. The van der Waals surface area contributed by atoms with Crippen LogP contribution in [-0.2, 0) is 11.3 Å². The van der Waals surface area contributed by atoms with Gasteiger partial charge in [0.25, 0.3) is 0 Å². The predicted molar refractivity (Wildman–Crippen MR) is 74.9 cm³/mol. The highest BCUT2D eigenvalue weighted by Crippen LogP contribution is 2.20. The van der Waals surface area contributed by atoms with Crippen LogP contribution >= 0.6 is 0 Å². The van der Waals surface area contributed by atoms with Crippen LogP contribution < -0.4 is 5.32 Å². The minimum Gasteiger partial charge on any atom is -0.377 e. The summed E-state index contributed by atoms with van der Waals surface area (Å²) in [5.74, 6) is 0. The van der Waals surface area contributed by atoms with Crippen LogP contribution in [0.15, 0.2) is 0 Å². The average Bonchev–Trinajstić information content (AvgIpc) is 2.59. The van der Waals surface area contributed by atoms with Gasteiger partial charge in [-0.1, -0.05) is 0 Å². The molecule has 0 aliphatic rings. The molecule has 1 heterocycles. The number of nitrogens with one attached hydrogen (secondary N) is 1. The Morgan fingerprint density at radius 2 is 1.94 bits per heavy atom. The van der Waals surface area contributed by atoms with Gasteiger partial charge in [-0.05, 0) is 41.5 Å². The summed E-state index contributed by atoms with van der Waals surface area (Å²) in [5, 5.41) is 8.05. The van der Waals surface area contributed by atoms with Gasteiger partial charge in [0.05, 0.1) is 18.4 Å². The molecule has 1 unspecified atom stereocenters. The third-order valence-corrected chi connectivity index (χ3v) is 3.17. The third kappa shape index (κ3) is 3.82. The first-order chi connectivity index (χ1) is 8.47. The minimum atomic E-state index is 0.299. The number of rotatable bonds is 7. The van der Waals surface area contributed by atoms with Crippen LogP contribution in [0.25, 0.3) is 0 Å². The summed E-state index contributed by atoms with van der Waals surface area (Å²) < 4.78 is 7.59. The molecule has 0 aliphatic heterocycles. The zero-order chi connectivity index (χ0) is 13.7. The quantitative estimate of drug-likeness (QED) is 0.759. The first kappa shape index (κ1) is 15.2. The van der Waals surface area contributed by atoms with Gasteiger partial charge in [-0.15, -0.1) is 0 Å². The fraction of sp³-hybridized carbons (Fsp3) is 0.786.